The summed E-state index contributed by atoms with van der Waals surface area (Å²) < 4.78 is 18.8. The zero-order chi connectivity index (χ0) is 20.3. The Balaban J connectivity index is 1.82. The molecule has 3 saturated carbocycles. The molecule has 3 fully saturated rings. The Morgan fingerprint density at radius 2 is 1.89 bits per heavy atom. The molecular weight excluding hydrogens is 359 g/mol. The molecule has 0 bridgehead atoms. The van der Waals surface area contributed by atoms with Crippen molar-refractivity contribution in [2.24, 2.45) is 28.6 Å². The highest BCUT2D eigenvalue weighted by Gasteiger charge is 2.62. The van der Waals surface area contributed by atoms with Crippen LogP contribution in [-0.4, -0.2) is 34.5 Å². The average Bonchev–Trinajstić information content (AvgIpc) is 2.94. The van der Waals surface area contributed by atoms with E-state index in [2.05, 4.69) is 19.8 Å². The molecule has 2 N–H and O–H groups in total. The maximum Gasteiger partial charge on any atom is 0.302 e. The van der Waals surface area contributed by atoms with Gasteiger partial charge in [-0.2, -0.15) is 0 Å². The number of aliphatic hydroxyl groups is 2. The fourth-order valence-electron chi connectivity index (χ4n) is 7.30. The van der Waals surface area contributed by atoms with Crippen LogP contribution >= 0.6 is 0 Å². The van der Waals surface area contributed by atoms with E-state index in [9.17, 15) is 19.4 Å². The predicted molar refractivity (Wildman–Crippen MR) is 102 cm³/mol. The molecule has 5 heteroatoms. The third-order valence-corrected chi connectivity index (χ3v) is 8.72. The molecule has 154 valence electrons. The second-order valence-electron chi connectivity index (χ2n) is 9.86. The van der Waals surface area contributed by atoms with Gasteiger partial charge in [0.2, 0.25) is 0 Å². The fourth-order valence-corrected chi connectivity index (χ4v) is 7.30. The van der Waals surface area contributed by atoms with Crippen LogP contribution in [0.15, 0.2) is 11.1 Å². The van der Waals surface area contributed by atoms with Crippen LogP contribution in [0, 0.1) is 40.7 Å². The minimum absolute atomic E-state index is 0.132. The molecule has 0 aromatic carbocycles. The monoisotopic (exact) mass is 390 g/mol. The Labute approximate surface area is 166 Å². The number of hydrogen-bond donors (Lipinski definition) is 2. The lowest BCUT2D eigenvalue weighted by Crippen LogP contribution is -2.57. The minimum atomic E-state index is -0.747. The minimum Gasteiger partial charge on any atom is -0.462 e. The van der Waals surface area contributed by atoms with Crippen LogP contribution in [0.1, 0.15) is 65.7 Å². The number of carbonyl (C=O) groups excluding carboxylic acids is 1. The summed E-state index contributed by atoms with van der Waals surface area (Å²) in [4.78, 5) is 11.9. The SMILES string of the molecule is CC(=O)OC1CC2=C(C#CF)C(O)CC[C@]2(C)[C@@H]2CC[C@]3(C)C(O)CC[C@H]3[C@H]12. The van der Waals surface area contributed by atoms with Gasteiger partial charge in [0.15, 0.2) is 0 Å². The lowest BCUT2D eigenvalue weighted by Gasteiger charge is -2.60. The van der Waals surface area contributed by atoms with Gasteiger partial charge in [-0.3, -0.25) is 4.79 Å². The molecule has 0 aromatic heterocycles. The van der Waals surface area contributed by atoms with E-state index in [0.29, 0.717) is 24.3 Å². The van der Waals surface area contributed by atoms with Gasteiger partial charge in [0, 0.05) is 24.8 Å². The molecule has 0 saturated heterocycles. The summed E-state index contributed by atoms with van der Waals surface area (Å²) in [6.45, 7) is 5.85. The first kappa shape index (κ1) is 19.9. The molecule has 3 unspecified atom stereocenters. The Bertz CT molecular complexity index is 764. The summed E-state index contributed by atoms with van der Waals surface area (Å²) in [6.07, 6.45) is 5.69. The number of aliphatic hydroxyl groups excluding tert-OH is 2. The summed E-state index contributed by atoms with van der Waals surface area (Å²) in [5.74, 6) is 2.99. The zero-order valence-corrected chi connectivity index (χ0v) is 17.0. The van der Waals surface area contributed by atoms with Crippen molar-refractivity contribution in [2.45, 2.75) is 84.0 Å². The molecule has 0 amide bonds. The van der Waals surface area contributed by atoms with E-state index in [0.717, 1.165) is 37.7 Å². The van der Waals surface area contributed by atoms with Crippen LogP contribution < -0.4 is 0 Å². The largest absolute Gasteiger partial charge is 0.462 e. The Kier molecular flexibility index (Phi) is 4.87. The summed E-state index contributed by atoms with van der Waals surface area (Å²) in [5.41, 5.74) is 1.17. The summed E-state index contributed by atoms with van der Waals surface area (Å²) in [5, 5.41) is 21.2. The molecular formula is C23H31FO4. The summed E-state index contributed by atoms with van der Waals surface area (Å²) in [7, 11) is 0. The van der Waals surface area contributed by atoms with Gasteiger partial charge in [0.05, 0.1) is 12.2 Å². The molecule has 0 aliphatic heterocycles. The normalized spacial score (nSPS) is 47.4. The predicted octanol–water partition coefficient (Wildman–Crippen LogP) is 3.51. The number of esters is 1. The zero-order valence-electron chi connectivity index (χ0n) is 17.0. The van der Waals surface area contributed by atoms with E-state index in [1.54, 1.807) is 0 Å². The molecule has 28 heavy (non-hydrogen) atoms. The third kappa shape index (κ3) is 2.75. The molecule has 4 rings (SSSR count). The molecule has 0 radical (unpaired) electrons. The van der Waals surface area contributed by atoms with Gasteiger partial charge in [-0.1, -0.05) is 13.8 Å². The van der Waals surface area contributed by atoms with Gasteiger partial charge in [-0.05, 0) is 72.7 Å². The van der Waals surface area contributed by atoms with Crippen molar-refractivity contribution in [3.63, 3.8) is 0 Å². The van der Waals surface area contributed by atoms with Gasteiger partial charge in [-0.15, -0.1) is 4.39 Å². The van der Waals surface area contributed by atoms with Gasteiger partial charge >= 0.3 is 5.97 Å². The molecule has 4 nitrogen and oxygen atoms in total. The lowest BCUT2D eigenvalue weighted by molar-refractivity contribution is -0.168. The topological polar surface area (TPSA) is 66.8 Å². The molecule has 0 heterocycles. The van der Waals surface area contributed by atoms with Gasteiger partial charge < -0.3 is 14.9 Å². The maximum atomic E-state index is 12.9. The van der Waals surface area contributed by atoms with Crippen molar-refractivity contribution in [3.05, 3.63) is 11.1 Å². The summed E-state index contributed by atoms with van der Waals surface area (Å²) in [6, 6.07) is 0. The second-order valence-corrected chi connectivity index (χ2v) is 9.86. The number of fused-ring (bicyclic) bond motifs is 5. The quantitative estimate of drug-likeness (QED) is 0.531. The first-order valence-corrected chi connectivity index (χ1v) is 10.6. The number of carbonyl (C=O) groups is 1. The molecule has 4 aliphatic carbocycles. The van der Waals surface area contributed by atoms with Crippen LogP contribution in [0.25, 0.3) is 0 Å². The molecule has 0 aromatic rings. The van der Waals surface area contributed by atoms with Crippen LogP contribution in [0.3, 0.4) is 0 Å². The van der Waals surface area contributed by atoms with Gasteiger partial charge in [0.1, 0.15) is 12.3 Å². The van der Waals surface area contributed by atoms with E-state index in [1.807, 2.05) is 0 Å². The maximum absolute atomic E-state index is 12.9. The van der Waals surface area contributed by atoms with Crippen LogP contribution in [-0.2, 0) is 9.53 Å². The number of hydrogen-bond acceptors (Lipinski definition) is 4. The molecule has 0 spiro atoms. The molecule has 8 atom stereocenters. The van der Waals surface area contributed by atoms with Crippen LogP contribution in [0.2, 0.25) is 0 Å². The van der Waals surface area contributed by atoms with E-state index < -0.39 is 6.10 Å². The summed E-state index contributed by atoms with van der Waals surface area (Å²) >= 11 is 0. The standard InChI is InChI=1S/C23H31FO4/c1-13(25)28-19-12-17-14(8-11-24)18(26)7-10-22(17,2)16-6-9-23(3)15(21(16)19)4-5-20(23)27/h15-16,18-21,26-27H,4-7,9-10,12H2,1-3H3/t15-,16+,18?,19?,20?,21-,22+,23-/m0/s1. The highest BCUT2D eigenvalue weighted by atomic mass is 19.1. The smallest absolute Gasteiger partial charge is 0.302 e. The number of rotatable bonds is 1. The van der Waals surface area contributed by atoms with Crippen molar-refractivity contribution < 1.29 is 24.1 Å². The van der Waals surface area contributed by atoms with Gasteiger partial charge in [-0.25, -0.2) is 0 Å². The third-order valence-electron chi connectivity index (χ3n) is 8.72. The van der Waals surface area contributed by atoms with E-state index in [1.165, 1.54) is 13.1 Å². The van der Waals surface area contributed by atoms with Gasteiger partial charge in [0.25, 0.3) is 0 Å². The Morgan fingerprint density at radius 1 is 1.14 bits per heavy atom. The first-order chi connectivity index (χ1) is 13.2. The van der Waals surface area contributed by atoms with E-state index >= 15 is 0 Å². The van der Waals surface area contributed by atoms with Crippen molar-refractivity contribution in [1.82, 2.24) is 0 Å². The first-order valence-electron chi connectivity index (χ1n) is 10.6. The van der Waals surface area contributed by atoms with Crippen molar-refractivity contribution in [3.8, 4) is 12.1 Å². The second kappa shape index (κ2) is 6.85. The van der Waals surface area contributed by atoms with Crippen LogP contribution in [0.5, 0.6) is 0 Å². The average molecular weight is 390 g/mol. The van der Waals surface area contributed by atoms with Crippen LogP contribution in [0.4, 0.5) is 4.39 Å². The Morgan fingerprint density at radius 3 is 2.57 bits per heavy atom. The highest BCUT2D eigenvalue weighted by molar-refractivity contribution is 5.66. The number of ether oxygens (including phenoxy) is 1. The van der Waals surface area contributed by atoms with Crippen molar-refractivity contribution in [1.29, 1.82) is 0 Å². The highest BCUT2D eigenvalue weighted by Crippen LogP contribution is 2.66. The van der Waals surface area contributed by atoms with E-state index in [-0.39, 0.29) is 40.8 Å². The molecule has 4 aliphatic rings. The Hall–Kier alpha value is -1.38. The van der Waals surface area contributed by atoms with Crippen molar-refractivity contribution >= 4 is 5.97 Å². The lowest BCUT2D eigenvalue weighted by atomic mass is 9.46. The number of halogens is 1. The van der Waals surface area contributed by atoms with E-state index in [4.69, 9.17) is 4.74 Å². The van der Waals surface area contributed by atoms with Crippen molar-refractivity contribution in [2.75, 3.05) is 0 Å². The fraction of sp³-hybridized carbons (Fsp3) is 0.783.